The van der Waals surface area contributed by atoms with E-state index < -0.39 is 0 Å². The number of anilines is 1. The van der Waals surface area contributed by atoms with Crippen molar-refractivity contribution in [2.45, 2.75) is 32.0 Å². The van der Waals surface area contributed by atoms with Gasteiger partial charge >= 0.3 is 0 Å². The number of likely N-dealkylation sites (tertiary alicyclic amines) is 1. The molecule has 2 amide bonds. The van der Waals surface area contributed by atoms with Crippen LogP contribution in [-0.4, -0.2) is 29.8 Å². The van der Waals surface area contributed by atoms with Crippen molar-refractivity contribution in [2.24, 2.45) is 0 Å². The van der Waals surface area contributed by atoms with Crippen LogP contribution in [0.25, 0.3) is 0 Å². The lowest BCUT2D eigenvalue weighted by molar-refractivity contribution is -0.114. The lowest BCUT2D eigenvalue weighted by Crippen LogP contribution is -2.45. The van der Waals surface area contributed by atoms with Crippen LogP contribution in [0.3, 0.4) is 0 Å². The number of hydrogen-bond donors (Lipinski definition) is 1. The zero-order valence-electron chi connectivity index (χ0n) is 14.8. The van der Waals surface area contributed by atoms with E-state index in [0.29, 0.717) is 30.9 Å². The van der Waals surface area contributed by atoms with Crippen LogP contribution in [0.5, 0.6) is 0 Å². The first-order valence-corrected chi connectivity index (χ1v) is 8.97. The van der Waals surface area contributed by atoms with E-state index in [0.717, 1.165) is 12.8 Å². The van der Waals surface area contributed by atoms with Crippen molar-refractivity contribution in [2.75, 3.05) is 18.4 Å². The largest absolute Gasteiger partial charge is 0.365 e. The predicted octanol–water partition coefficient (Wildman–Crippen LogP) is 3.31. The van der Waals surface area contributed by atoms with Gasteiger partial charge < -0.3 is 15.0 Å². The minimum atomic E-state index is -0.245. The molecule has 1 fully saturated rings. The second kappa shape index (κ2) is 6.57. The SMILES string of the molecule is CC(=O)Nc1cccc(C(=O)N2CCC3(CC2)OCc2ccccc23)c1. The number of carbonyl (C=O) groups excluding carboxylic acids is 2. The van der Waals surface area contributed by atoms with Gasteiger partial charge in [-0.2, -0.15) is 0 Å². The van der Waals surface area contributed by atoms with Crippen LogP contribution in [0.15, 0.2) is 48.5 Å². The van der Waals surface area contributed by atoms with Crippen molar-refractivity contribution in [3.05, 3.63) is 65.2 Å². The van der Waals surface area contributed by atoms with Gasteiger partial charge in [-0.3, -0.25) is 9.59 Å². The fraction of sp³-hybridized carbons (Fsp3) is 0.333. The first-order chi connectivity index (χ1) is 12.6. The number of amides is 2. The first-order valence-electron chi connectivity index (χ1n) is 8.97. The van der Waals surface area contributed by atoms with Crippen LogP contribution >= 0.6 is 0 Å². The average molecular weight is 350 g/mol. The van der Waals surface area contributed by atoms with Crippen molar-refractivity contribution >= 4 is 17.5 Å². The Balaban J connectivity index is 1.47. The summed E-state index contributed by atoms with van der Waals surface area (Å²) < 4.78 is 6.16. The van der Waals surface area contributed by atoms with Gasteiger partial charge in [-0.05, 0) is 42.2 Å². The highest BCUT2D eigenvalue weighted by atomic mass is 16.5. The summed E-state index contributed by atoms with van der Waals surface area (Å²) in [5, 5.41) is 2.72. The molecule has 5 nitrogen and oxygen atoms in total. The fourth-order valence-corrected chi connectivity index (χ4v) is 3.98. The molecule has 1 spiro atoms. The Bertz CT molecular complexity index is 854. The molecule has 2 aromatic rings. The van der Waals surface area contributed by atoms with Gasteiger partial charge in [-0.15, -0.1) is 0 Å². The molecule has 26 heavy (non-hydrogen) atoms. The Morgan fingerprint density at radius 1 is 1.08 bits per heavy atom. The lowest BCUT2D eigenvalue weighted by Gasteiger charge is -2.39. The van der Waals surface area contributed by atoms with Gasteiger partial charge in [0.2, 0.25) is 5.91 Å². The zero-order valence-corrected chi connectivity index (χ0v) is 14.8. The molecule has 0 saturated carbocycles. The number of rotatable bonds is 2. The van der Waals surface area contributed by atoms with E-state index in [1.807, 2.05) is 11.0 Å². The molecular weight excluding hydrogens is 328 g/mol. The highest BCUT2D eigenvalue weighted by Gasteiger charge is 2.43. The molecule has 4 rings (SSSR count). The standard InChI is InChI=1S/C21H22N2O3/c1-15(24)22-18-7-4-6-16(13-18)20(25)23-11-9-21(10-12-23)19-8-3-2-5-17(19)14-26-21/h2-8,13H,9-12,14H2,1H3,(H,22,24). The van der Waals surface area contributed by atoms with Gasteiger partial charge in [0.05, 0.1) is 12.2 Å². The summed E-state index contributed by atoms with van der Waals surface area (Å²) in [6.45, 7) is 3.44. The maximum atomic E-state index is 12.9. The van der Waals surface area contributed by atoms with Crippen molar-refractivity contribution in [3.63, 3.8) is 0 Å². The molecule has 0 atom stereocenters. The van der Waals surface area contributed by atoms with Crippen LogP contribution in [0, 0.1) is 0 Å². The summed E-state index contributed by atoms with van der Waals surface area (Å²) in [5.74, 6) is -0.148. The first kappa shape index (κ1) is 16.8. The summed E-state index contributed by atoms with van der Waals surface area (Å²) >= 11 is 0. The second-order valence-corrected chi connectivity index (χ2v) is 6.99. The van der Waals surface area contributed by atoms with Crippen LogP contribution in [0.2, 0.25) is 0 Å². The van der Waals surface area contributed by atoms with E-state index in [1.165, 1.54) is 18.1 Å². The minimum absolute atomic E-state index is 0.00154. The number of piperidine rings is 1. The van der Waals surface area contributed by atoms with Gasteiger partial charge in [-0.25, -0.2) is 0 Å². The third-order valence-electron chi connectivity index (χ3n) is 5.30. The number of benzene rings is 2. The summed E-state index contributed by atoms with van der Waals surface area (Å²) in [4.78, 5) is 26.0. The molecule has 134 valence electrons. The van der Waals surface area contributed by atoms with Crippen LogP contribution < -0.4 is 5.32 Å². The molecule has 0 radical (unpaired) electrons. The second-order valence-electron chi connectivity index (χ2n) is 6.99. The molecule has 2 heterocycles. The van der Waals surface area contributed by atoms with Gasteiger partial charge in [0.15, 0.2) is 0 Å². The van der Waals surface area contributed by atoms with E-state index in [2.05, 4.69) is 23.5 Å². The van der Waals surface area contributed by atoms with E-state index in [9.17, 15) is 9.59 Å². The summed E-state index contributed by atoms with van der Waals surface area (Å²) in [6.07, 6.45) is 1.61. The summed E-state index contributed by atoms with van der Waals surface area (Å²) in [5.41, 5.74) is 3.53. The molecule has 0 bridgehead atoms. The minimum Gasteiger partial charge on any atom is -0.365 e. The normalized spacial score (nSPS) is 17.8. The Morgan fingerprint density at radius 3 is 2.62 bits per heavy atom. The number of ether oxygens (including phenoxy) is 1. The number of hydrogen-bond acceptors (Lipinski definition) is 3. The highest BCUT2D eigenvalue weighted by molar-refractivity contribution is 5.96. The van der Waals surface area contributed by atoms with Gasteiger partial charge in [0, 0.05) is 31.3 Å². The predicted molar refractivity (Wildman–Crippen MR) is 98.8 cm³/mol. The van der Waals surface area contributed by atoms with Crippen LogP contribution in [0.4, 0.5) is 5.69 Å². The molecular formula is C21H22N2O3. The van der Waals surface area contributed by atoms with Crippen LogP contribution in [-0.2, 0) is 21.7 Å². The monoisotopic (exact) mass is 350 g/mol. The van der Waals surface area contributed by atoms with E-state index in [-0.39, 0.29) is 17.4 Å². The van der Waals surface area contributed by atoms with Gasteiger partial charge in [-0.1, -0.05) is 30.3 Å². The lowest BCUT2D eigenvalue weighted by atomic mass is 9.83. The topological polar surface area (TPSA) is 58.6 Å². The van der Waals surface area contributed by atoms with Gasteiger partial charge in [0.1, 0.15) is 0 Å². The molecule has 0 aliphatic carbocycles. The van der Waals surface area contributed by atoms with Crippen molar-refractivity contribution in [3.8, 4) is 0 Å². The Labute approximate surface area is 153 Å². The smallest absolute Gasteiger partial charge is 0.253 e. The Morgan fingerprint density at radius 2 is 1.85 bits per heavy atom. The summed E-state index contributed by atoms with van der Waals surface area (Å²) in [6, 6.07) is 15.5. The van der Waals surface area contributed by atoms with E-state index in [4.69, 9.17) is 4.74 Å². The Kier molecular flexibility index (Phi) is 4.24. The molecule has 2 aliphatic heterocycles. The van der Waals surface area contributed by atoms with Crippen LogP contribution in [0.1, 0.15) is 41.3 Å². The molecule has 2 aromatic carbocycles. The zero-order chi connectivity index (χ0) is 18.1. The molecule has 0 aromatic heterocycles. The molecule has 2 aliphatic rings. The van der Waals surface area contributed by atoms with E-state index in [1.54, 1.807) is 24.3 Å². The van der Waals surface area contributed by atoms with E-state index >= 15 is 0 Å². The van der Waals surface area contributed by atoms with Crippen molar-refractivity contribution in [1.82, 2.24) is 4.90 Å². The quantitative estimate of drug-likeness (QED) is 0.904. The Hall–Kier alpha value is -2.66. The molecule has 5 heteroatoms. The third kappa shape index (κ3) is 2.99. The molecule has 1 N–H and O–H groups in total. The molecule has 0 unspecified atom stereocenters. The number of fused-ring (bicyclic) bond motifs is 2. The van der Waals surface area contributed by atoms with Crippen molar-refractivity contribution in [1.29, 1.82) is 0 Å². The maximum absolute atomic E-state index is 12.9. The maximum Gasteiger partial charge on any atom is 0.253 e. The van der Waals surface area contributed by atoms with Gasteiger partial charge in [0.25, 0.3) is 5.91 Å². The highest BCUT2D eigenvalue weighted by Crippen LogP contribution is 2.44. The average Bonchev–Trinajstić information content (AvgIpc) is 3.00. The van der Waals surface area contributed by atoms with Crippen molar-refractivity contribution < 1.29 is 14.3 Å². The number of carbonyl (C=O) groups is 2. The molecule has 1 saturated heterocycles. The number of nitrogens with one attached hydrogen (secondary N) is 1. The summed E-state index contributed by atoms with van der Waals surface area (Å²) in [7, 11) is 0. The fourth-order valence-electron chi connectivity index (χ4n) is 3.98. The third-order valence-corrected chi connectivity index (χ3v) is 5.30. The number of nitrogens with zero attached hydrogens (tertiary/aromatic N) is 1.